The number of nitro benzene ring substituents is 1. The minimum absolute atomic E-state index is 0.00888. The Morgan fingerprint density at radius 1 is 0.667 bits per heavy atom. The molecule has 0 spiro atoms. The molecule has 5 aromatic rings. The molecule has 0 amide bonds. The fourth-order valence-corrected chi connectivity index (χ4v) is 4.25. The summed E-state index contributed by atoms with van der Waals surface area (Å²) in [5.74, 6) is 0. The van der Waals surface area contributed by atoms with E-state index >= 15 is 0 Å². The van der Waals surface area contributed by atoms with E-state index in [1.54, 1.807) is 16.7 Å². The Kier molecular flexibility index (Phi) is 5.29. The van der Waals surface area contributed by atoms with Gasteiger partial charge in [0, 0.05) is 23.1 Å². The van der Waals surface area contributed by atoms with Gasteiger partial charge in [-0.25, -0.2) is 0 Å². The Bertz CT molecular complexity index is 1510. The van der Waals surface area contributed by atoms with Crippen molar-refractivity contribution in [3.05, 3.63) is 135 Å². The Labute approximate surface area is 190 Å². The van der Waals surface area contributed by atoms with E-state index in [2.05, 4.69) is 0 Å². The van der Waals surface area contributed by atoms with Gasteiger partial charge in [-0.1, -0.05) is 78.9 Å². The summed E-state index contributed by atoms with van der Waals surface area (Å²) in [4.78, 5) is 24.8. The van der Waals surface area contributed by atoms with Crippen LogP contribution in [0.4, 0.5) is 5.69 Å². The zero-order valence-corrected chi connectivity index (χ0v) is 17.7. The largest absolute Gasteiger partial charge is 0.303 e. The Morgan fingerprint density at radius 2 is 1.24 bits per heavy atom. The second-order valence-corrected chi connectivity index (χ2v) is 7.81. The third-order valence-corrected chi connectivity index (χ3v) is 5.79. The lowest BCUT2D eigenvalue weighted by atomic mass is 9.91. The monoisotopic (exact) mass is 432 g/mol. The van der Waals surface area contributed by atoms with Gasteiger partial charge in [0.2, 0.25) is 0 Å². The SMILES string of the molecule is O=c1c(-c2ccc([N+](=O)[O-])cc2)c(-c2ccccc2)c2ccccc2n1Cc1ccccc1. The van der Waals surface area contributed by atoms with Crippen molar-refractivity contribution in [2.24, 2.45) is 0 Å². The molecule has 5 nitrogen and oxygen atoms in total. The first-order valence-electron chi connectivity index (χ1n) is 10.6. The van der Waals surface area contributed by atoms with E-state index in [9.17, 15) is 14.9 Å². The molecule has 160 valence electrons. The summed E-state index contributed by atoms with van der Waals surface area (Å²) in [6, 6.07) is 33.7. The van der Waals surface area contributed by atoms with Gasteiger partial charge in [-0.2, -0.15) is 0 Å². The molecule has 5 heteroatoms. The van der Waals surface area contributed by atoms with Gasteiger partial charge < -0.3 is 4.57 Å². The Hall–Kier alpha value is -4.51. The smallest absolute Gasteiger partial charge is 0.269 e. The predicted octanol–water partition coefficient (Wildman–Crippen LogP) is 6.29. The van der Waals surface area contributed by atoms with Gasteiger partial charge >= 0.3 is 0 Å². The van der Waals surface area contributed by atoms with Gasteiger partial charge in [-0.05, 0) is 34.9 Å². The van der Waals surface area contributed by atoms with Gasteiger partial charge in [0.1, 0.15) is 0 Å². The van der Waals surface area contributed by atoms with Gasteiger partial charge in [0.05, 0.1) is 22.5 Å². The Morgan fingerprint density at radius 3 is 1.91 bits per heavy atom. The van der Waals surface area contributed by atoms with Crippen molar-refractivity contribution in [1.29, 1.82) is 0 Å². The fraction of sp³-hybridized carbons (Fsp3) is 0.0357. The first-order chi connectivity index (χ1) is 16.1. The highest BCUT2D eigenvalue weighted by Crippen LogP contribution is 2.36. The third-order valence-electron chi connectivity index (χ3n) is 5.79. The van der Waals surface area contributed by atoms with Crippen molar-refractivity contribution >= 4 is 16.6 Å². The molecule has 0 aliphatic heterocycles. The fourth-order valence-electron chi connectivity index (χ4n) is 4.25. The number of nitrogens with zero attached hydrogens (tertiary/aromatic N) is 2. The van der Waals surface area contributed by atoms with Gasteiger partial charge in [-0.15, -0.1) is 0 Å². The van der Waals surface area contributed by atoms with Crippen molar-refractivity contribution in [3.8, 4) is 22.3 Å². The molecule has 0 N–H and O–H groups in total. The van der Waals surface area contributed by atoms with Crippen molar-refractivity contribution < 1.29 is 4.92 Å². The number of aromatic nitrogens is 1. The van der Waals surface area contributed by atoms with E-state index in [0.717, 1.165) is 27.6 Å². The van der Waals surface area contributed by atoms with Crippen LogP contribution >= 0.6 is 0 Å². The molecule has 33 heavy (non-hydrogen) atoms. The predicted molar refractivity (Wildman–Crippen MR) is 131 cm³/mol. The third kappa shape index (κ3) is 3.81. The maximum absolute atomic E-state index is 14.0. The van der Waals surface area contributed by atoms with Crippen LogP contribution in [-0.4, -0.2) is 9.49 Å². The zero-order chi connectivity index (χ0) is 22.8. The van der Waals surface area contributed by atoms with Crippen LogP contribution in [0.3, 0.4) is 0 Å². The molecule has 0 aliphatic rings. The molecule has 1 heterocycles. The van der Waals surface area contributed by atoms with E-state index in [4.69, 9.17) is 0 Å². The van der Waals surface area contributed by atoms with Crippen molar-refractivity contribution in [3.63, 3.8) is 0 Å². The second kappa shape index (κ2) is 8.55. The van der Waals surface area contributed by atoms with Gasteiger partial charge in [0.15, 0.2) is 0 Å². The minimum Gasteiger partial charge on any atom is -0.303 e. The molecule has 0 unspecified atom stereocenters. The highest BCUT2D eigenvalue weighted by atomic mass is 16.6. The summed E-state index contributed by atoms with van der Waals surface area (Å²) in [6.45, 7) is 0.426. The summed E-state index contributed by atoms with van der Waals surface area (Å²) in [5, 5.41) is 12.1. The first-order valence-corrected chi connectivity index (χ1v) is 10.6. The number of non-ortho nitro benzene ring substituents is 1. The van der Waals surface area contributed by atoms with Crippen molar-refractivity contribution in [2.75, 3.05) is 0 Å². The maximum atomic E-state index is 14.0. The molecule has 0 bridgehead atoms. The lowest BCUT2D eigenvalue weighted by Gasteiger charge is -2.19. The highest BCUT2D eigenvalue weighted by Gasteiger charge is 2.20. The van der Waals surface area contributed by atoms with E-state index in [1.165, 1.54) is 12.1 Å². The number of pyridine rings is 1. The van der Waals surface area contributed by atoms with E-state index in [1.807, 2.05) is 84.9 Å². The zero-order valence-electron chi connectivity index (χ0n) is 17.7. The molecular weight excluding hydrogens is 412 g/mol. The summed E-state index contributed by atoms with van der Waals surface area (Å²) in [6.07, 6.45) is 0. The van der Waals surface area contributed by atoms with Gasteiger partial charge in [0.25, 0.3) is 11.2 Å². The van der Waals surface area contributed by atoms with Crippen molar-refractivity contribution in [1.82, 2.24) is 4.57 Å². The van der Waals surface area contributed by atoms with E-state index in [0.29, 0.717) is 17.7 Å². The molecule has 0 aliphatic carbocycles. The summed E-state index contributed by atoms with van der Waals surface area (Å²) >= 11 is 0. The average molecular weight is 432 g/mol. The van der Waals surface area contributed by atoms with Crippen molar-refractivity contribution in [2.45, 2.75) is 6.54 Å². The molecule has 0 saturated heterocycles. The Balaban J connectivity index is 1.86. The number of hydrogen-bond acceptors (Lipinski definition) is 3. The number of fused-ring (bicyclic) bond motifs is 1. The topological polar surface area (TPSA) is 65.1 Å². The summed E-state index contributed by atoms with van der Waals surface area (Å²) < 4.78 is 1.79. The number of para-hydroxylation sites is 1. The molecule has 0 saturated carbocycles. The van der Waals surface area contributed by atoms with Crippen LogP contribution in [-0.2, 0) is 6.54 Å². The molecule has 4 aromatic carbocycles. The van der Waals surface area contributed by atoms with Crippen LogP contribution in [0, 0.1) is 10.1 Å². The lowest BCUT2D eigenvalue weighted by molar-refractivity contribution is -0.384. The molecule has 0 radical (unpaired) electrons. The summed E-state index contributed by atoms with van der Waals surface area (Å²) in [5.41, 5.74) is 4.65. The van der Waals surface area contributed by atoms with Crippen LogP contribution in [0.5, 0.6) is 0 Å². The van der Waals surface area contributed by atoms with Crippen LogP contribution in [0.15, 0.2) is 114 Å². The van der Waals surface area contributed by atoms with Crippen LogP contribution in [0.2, 0.25) is 0 Å². The number of benzene rings is 4. The molecule has 0 atom stereocenters. The molecular formula is C28H20N2O3. The van der Waals surface area contributed by atoms with E-state index < -0.39 is 4.92 Å². The number of hydrogen-bond donors (Lipinski definition) is 0. The van der Waals surface area contributed by atoms with Crippen LogP contribution in [0.1, 0.15) is 5.56 Å². The standard InChI is InChI=1S/C28H20N2O3/c31-28-27(22-15-17-23(18-16-22)30(32)33)26(21-11-5-2-6-12-21)24-13-7-8-14-25(24)29(28)19-20-9-3-1-4-10-20/h1-18H,19H2. The summed E-state index contributed by atoms with van der Waals surface area (Å²) in [7, 11) is 0. The van der Waals surface area contributed by atoms with Crippen LogP contribution < -0.4 is 5.56 Å². The maximum Gasteiger partial charge on any atom is 0.269 e. The lowest BCUT2D eigenvalue weighted by Crippen LogP contribution is -2.24. The second-order valence-electron chi connectivity index (χ2n) is 7.81. The minimum atomic E-state index is -0.435. The van der Waals surface area contributed by atoms with Gasteiger partial charge in [-0.3, -0.25) is 14.9 Å². The molecule has 1 aromatic heterocycles. The number of nitro groups is 1. The van der Waals surface area contributed by atoms with E-state index in [-0.39, 0.29) is 11.2 Å². The van der Waals surface area contributed by atoms with Crippen LogP contribution in [0.25, 0.3) is 33.2 Å². The first kappa shape index (κ1) is 20.4. The molecule has 0 fully saturated rings. The normalized spacial score (nSPS) is 10.9. The molecule has 5 rings (SSSR count). The highest BCUT2D eigenvalue weighted by molar-refractivity contribution is 6.02. The number of rotatable bonds is 5. The average Bonchev–Trinajstić information content (AvgIpc) is 2.86. The quantitative estimate of drug-likeness (QED) is 0.242.